The molecule has 1 heterocycles. The van der Waals surface area contributed by atoms with Crippen LogP contribution in [0.3, 0.4) is 0 Å². The molecule has 0 N–H and O–H groups in total. The van der Waals surface area contributed by atoms with Gasteiger partial charge in [-0.15, -0.1) is 0 Å². The first-order valence-electron chi connectivity index (χ1n) is 7.14. The van der Waals surface area contributed by atoms with Crippen LogP contribution in [0.1, 0.15) is 51.4 Å². The number of hydrogen-bond acceptors (Lipinski definition) is 3. The number of nitrogens with zero attached hydrogens (tertiary/aromatic N) is 1. The summed E-state index contributed by atoms with van der Waals surface area (Å²) in [5.74, 6) is 0.107. The van der Waals surface area contributed by atoms with Crippen molar-refractivity contribution in [2.75, 3.05) is 25.4 Å². The Kier molecular flexibility index (Phi) is 4.95. The van der Waals surface area contributed by atoms with Crippen LogP contribution in [-0.2, 0) is 9.05 Å². The van der Waals surface area contributed by atoms with E-state index in [-0.39, 0.29) is 5.75 Å². The van der Waals surface area contributed by atoms with Crippen molar-refractivity contribution in [3.63, 3.8) is 0 Å². The first kappa shape index (κ1) is 14.6. The van der Waals surface area contributed by atoms with E-state index in [9.17, 15) is 8.42 Å². The van der Waals surface area contributed by atoms with Crippen LogP contribution in [0.2, 0.25) is 0 Å². The molecule has 0 aromatic carbocycles. The lowest BCUT2D eigenvalue weighted by atomic mass is 9.68. The normalized spacial score (nSPS) is 25.4. The van der Waals surface area contributed by atoms with E-state index in [1.807, 2.05) is 0 Å². The number of hydrogen-bond donors (Lipinski definition) is 0. The van der Waals surface area contributed by atoms with Crippen LogP contribution in [0.25, 0.3) is 0 Å². The molecule has 1 saturated carbocycles. The van der Waals surface area contributed by atoms with Gasteiger partial charge in [0.15, 0.2) is 0 Å². The summed E-state index contributed by atoms with van der Waals surface area (Å²) in [4.78, 5) is 2.40. The Morgan fingerprint density at radius 3 is 2.17 bits per heavy atom. The Bertz CT molecular complexity index is 353. The van der Waals surface area contributed by atoms with Crippen molar-refractivity contribution in [1.29, 1.82) is 0 Å². The third-order valence-electron chi connectivity index (χ3n) is 4.69. The first-order valence-corrected chi connectivity index (χ1v) is 9.62. The molecule has 1 spiro atoms. The van der Waals surface area contributed by atoms with E-state index in [2.05, 4.69) is 4.90 Å². The zero-order valence-electron chi connectivity index (χ0n) is 11.0. The molecule has 2 aliphatic rings. The number of likely N-dealkylation sites (tertiary alicyclic amines) is 1. The molecule has 3 nitrogen and oxygen atoms in total. The highest BCUT2D eigenvalue weighted by Gasteiger charge is 2.35. The molecule has 0 aromatic heterocycles. The van der Waals surface area contributed by atoms with Crippen molar-refractivity contribution in [2.24, 2.45) is 5.41 Å². The zero-order valence-corrected chi connectivity index (χ0v) is 12.6. The molecule has 18 heavy (non-hydrogen) atoms. The molecule has 0 unspecified atom stereocenters. The minimum Gasteiger partial charge on any atom is -0.303 e. The molecule has 0 radical (unpaired) electrons. The predicted octanol–water partition coefficient (Wildman–Crippen LogP) is 2.99. The third-order valence-corrected chi connectivity index (χ3v) is 5.93. The average molecular weight is 294 g/mol. The van der Waals surface area contributed by atoms with Crippen molar-refractivity contribution in [1.82, 2.24) is 4.90 Å². The average Bonchev–Trinajstić information content (AvgIpc) is 2.32. The molecule has 1 aliphatic carbocycles. The lowest BCUT2D eigenvalue weighted by Gasteiger charge is -2.44. The van der Waals surface area contributed by atoms with Gasteiger partial charge in [0.05, 0.1) is 5.75 Å². The maximum Gasteiger partial charge on any atom is 0.232 e. The van der Waals surface area contributed by atoms with Gasteiger partial charge in [0.1, 0.15) is 0 Å². The monoisotopic (exact) mass is 293 g/mol. The molecule has 0 aromatic rings. The Morgan fingerprint density at radius 2 is 1.61 bits per heavy atom. The molecular weight excluding hydrogens is 270 g/mol. The van der Waals surface area contributed by atoms with Crippen LogP contribution in [0, 0.1) is 5.41 Å². The van der Waals surface area contributed by atoms with Gasteiger partial charge in [-0.1, -0.05) is 19.3 Å². The van der Waals surface area contributed by atoms with Gasteiger partial charge in [0.25, 0.3) is 0 Å². The fraction of sp³-hybridized carbons (Fsp3) is 1.00. The van der Waals surface area contributed by atoms with E-state index in [4.69, 9.17) is 10.7 Å². The molecule has 1 saturated heterocycles. The molecular formula is C13H24ClNO2S. The second kappa shape index (κ2) is 6.10. The molecule has 0 atom stereocenters. The Hall–Kier alpha value is 0.200. The highest BCUT2D eigenvalue weighted by Crippen LogP contribution is 2.44. The Labute approximate surface area is 115 Å². The number of rotatable bonds is 4. The van der Waals surface area contributed by atoms with Crippen molar-refractivity contribution < 1.29 is 8.42 Å². The minimum absolute atomic E-state index is 0.107. The summed E-state index contributed by atoms with van der Waals surface area (Å²) in [7, 11) is 1.91. The van der Waals surface area contributed by atoms with E-state index < -0.39 is 9.05 Å². The highest BCUT2D eigenvalue weighted by atomic mass is 35.7. The van der Waals surface area contributed by atoms with Gasteiger partial charge < -0.3 is 4.90 Å². The SMILES string of the molecule is O=S(=O)(Cl)CCCN1CCC2(CCCCC2)CC1. The lowest BCUT2D eigenvalue weighted by Crippen LogP contribution is -2.41. The van der Waals surface area contributed by atoms with E-state index in [1.165, 1.54) is 44.9 Å². The van der Waals surface area contributed by atoms with Gasteiger partial charge in [-0.2, -0.15) is 0 Å². The third kappa shape index (κ3) is 4.39. The molecule has 1 aliphatic heterocycles. The van der Waals surface area contributed by atoms with E-state index >= 15 is 0 Å². The second-order valence-electron chi connectivity index (χ2n) is 6.00. The fourth-order valence-electron chi connectivity index (χ4n) is 3.51. The lowest BCUT2D eigenvalue weighted by molar-refractivity contribution is 0.0680. The summed E-state index contributed by atoms with van der Waals surface area (Å²) in [6, 6.07) is 0. The summed E-state index contributed by atoms with van der Waals surface area (Å²) in [5.41, 5.74) is 0.632. The van der Waals surface area contributed by atoms with Crippen LogP contribution in [0.15, 0.2) is 0 Å². The molecule has 0 bridgehead atoms. The van der Waals surface area contributed by atoms with Crippen LogP contribution in [0.4, 0.5) is 0 Å². The predicted molar refractivity (Wildman–Crippen MR) is 75.4 cm³/mol. The summed E-state index contributed by atoms with van der Waals surface area (Å²) >= 11 is 0. The highest BCUT2D eigenvalue weighted by molar-refractivity contribution is 8.13. The van der Waals surface area contributed by atoms with Crippen molar-refractivity contribution in [3.8, 4) is 0 Å². The maximum atomic E-state index is 10.9. The van der Waals surface area contributed by atoms with Gasteiger partial charge in [0.2, 0.25) is 9.05 Å². The van der Waals surface area contributed by atoms with Crippen molar-refractivity contribution >= 4 is 19.7 Å². The summed E-state index contributed by atoms with van der Waals surface area (Å²) < 4.78 is 21.7. The van der Waals surface area contributed by atoms with Crippen LogP contribution >= 0.6 is 10.7 Å². The quantitative estimate of drug-likeness (QED) is 0.748. The van der Waals surface area contributed by atoms with Crippen LogP contribution in [0.5, 0.6) is 0 Å². The maximum absolute atomic E-state index is 10.9. The van der Waals surface area contributed by atoms with Gasteiger partial charge in [-0.05, 0) is 57.2 Å². The molecule has 2 rings (SSSR count). The van der Waals surface area contributed by atoms with Gasteiger partial charge >= 0.3 is 0 Å². The molecule has 5 heteroatoms. The van der Waals surface area contributed by atoms with Crippen LogP contribution < -0.4 is 0 Å². The van der Waals surface area contributed by atoms with Gasteiger partial charge in [-0.3, -0.25) is 0 Å². The largest absolute Gasteiger partial charge is 0.303 e. The first-order chi connectivity index (χ1) is 8.49. The molecule has 2 fully saturated rings. The van der Waals surface area contributed by atoms with E-state index in [0.29, 0.717) is 11.8 Å². The Morgan fingerprint density at radius 1 is 1.00 bits per heavy atom. The Balaban J connectivity index is 1.70. The van der Waals surface area contributed by atoms with Gasteiger partial charge in [0, 0.05) is 10.7 Å². The minimum atomic E-state index is -3.31. The smallest absolute Gasteiger partial charge is 0.232 e. The number of piperidine rings is 1. The number of halogens is 1. The topological polar surface area (TPSA) is 37.4 Å². The molecule has 106 valence electrons. The van der Waals surface area contributed by atoms with Crippen molar-refractivity contribution in [3.05, 3.63) is 0 Å². The summed E-state index contributed by atoms with van der Waals surface area (Å²) in [5, 5.41) is 0. The van der Waals surface area contributed by atoms with Gasteiger partial charge in [-0.25, -0.2) is 8.42 Å². The summed E-state index contributed by atoms with van der Waals surface area (Å²) in [6.45, 7) is 3.16. The second-order valence-corrected chi connectivity index (χ2v) is 8.90. The van der Waals surface area contributed by atoms with Crippen LogP contribution in [-0.4, -0.2) is 38.7 Å². The fourth-order valence-corrected chi connectivity index (χ4v) is 4.31. The molecule has 0 amide bonds. The van der Waals surface area contributed by atoms with E-state index in [0.717, 1.165) is 19.6 Å². The zero-order chi connectivity index (χ0) is 13.1. The van der Waals surface area contributed by atoms with Crippen molar-refractivity contribution in [2.45, 2.75) is 51.4 Å². The summed E-state index contributed by atoms with van der Waals surface area (Å²) in [6.07, 6.45) is 10.3. The van der Waals surface area contributed by atoms with E-state index in [1.54, 1.807) is 0 Å². The standard InChI is InChI=1S/C13H24ClNO2S/c14-18(16,17)12-4-9-15-10-7-13(8-11-15)5-2-1-3-6-13/h1-12H2.